The summed E-state index contributed by atoms with van der Waals surface area (Å²) in [6, 6.07) is 10.7. The summed E-state index contributed by atoms with van der Waals surface area (Å²) in [5, 5.41) is 19.9. The molecule has 8 heteroatoms. The predicted molar refractivity (Wildman–Crippen MR) is 110 cm³/mol. The van der Waals surface area contributed by atoms with Crippen LogP contribution < -0.4 is 0 Å². The number of furan rings is 3. The smallest absolute Gasteiger partial charge is 0.238 e. The van der Waals surface area contributed by atoms with Crippen LogP contribution in [0.1, 0.15) is 11.1 Å². The summed E-state index contributed by atoms with van der Waals surface area (Å²) in [7, 11) is 0. The summed E-state index contributed by atoms with van der Waals surface area (Å²) in [6.45, 7) is 0. The molecule has 0 atom stereocenters. The van der Waals surface area contributed by atoms with E-state index in [0.29, 0.717) is 32.7 Å². The normalized spacial score (nSPS) is 11.2. The molecule has 0 saturated heterocycles. The molecule has 0 saturated carbocycles. The number of phenols is 1. The Bertz CT molecular complexity index is 1200. The molecule has 0 unspecified atom stereocenters. The van der Waals surface area contributed by atoms with Gasteiger partial charge in [-0.2, -0.15) is 5.26 Å². The highest BCUT2D eigenvalue weighted by Gasteiger charge is 2.25. The second-order valence-corrected chi connectivity index (χ2v) is 7.44. The second kappa shape index (κ2) is 7.54. The van der Waals surface area contributed by atoms with E-state index in [2.05, 4.69) is 42.9 Å². The fourth-order valence-electron chi connectivity index (χ4n) is 2.68. The number of hydrogen-bond acceptors (Lipinski definition) is 6. The Kier molecular flexibility index (Phi) is 4.94. The molecule has 6 nitrogen and oxygen atoms in total. The van der Waals surface area contributed by atoms with Gasteiger partial charge in [-0.3, -0.25) is 0 Å². The van der Waals surface area contributed by atoms with Crippen molar-refractivity contribution in [3.05, 3.63) is 69.2 Å². The van der Waals surface area contributed by atoms with Crippen LogP contribution in [0.4, 0.5) is 5.88 Å². The molecular weight excluding hydrogens is 492 g/mol. The first-order valence-corrected chi connectivity index (χ1v) is 9.52. The van der Waals surface area contributed by atoms with Crippen molar-refractivity contribution in [3.8, 4) is 34.5 Å². The number of nitriles is 1. The van der Waals surface area contributed by atoms with Crippen molar-refractivity contribution >= 4 is 44.0 Å². The van der Waals surface area contributed by atoms with Gasteiger partial charge in [-0.25, -0.2) is 4.99 Å². The third-order valence-corrected chi connectivity index (χ3v) is 4.99. The molecule has 28 heavy (non-hydrogen) atoms. The topological polar surface area (TPSA) is 95.8 Å². The Morgan fingerprint density at radius 3 is 2.71 bits per heavy atom. The lowest BCUT2D eigenvalue weighted by molar-refractivity contribution is 0.471. The van der Waals surface area contributed by atoms with Crippen molar-refractivity contribution in [2.45, 2.75) is 0 Å². The van der Waals surface area contributed by atoms with Gasteiger partial charge in [-0.15, -0.1) is 0 Å². The van der Waals surface area contributed by atoms with Gasteiger partial charge in [-0.1, -0.05) is 15.9 Å². The molecule has 1 aromatic carbocycles. The fourth-order valence-corrected chi connectivity index (χ4v) is 3.94. The molecule has 4 aromatic rings. The molecule has 3 aromatic heterocycles. The summed E-state index contributed by atoms with van der Waals surface area (Å²) in [6.07, 6.45) is 5.96. The quantitative estimate of drug-likeness (QED) is 0.315. The van der Waals surface area contributed by atoms with Gasteiger partial charge in [0.15, 0.2) is 5.76 Å². The number of halogens is 2. The van der Waals surface area contributed by atoms with E-state index in [-0.39, 0.29) is 17.2 Å². The van der Waals surface area contributed by atoms with Crippen molar-refractivity contribution in [2.75, 3.05) is 0 Å². The monoisotopic (exact) mass is 500 g/mol. The average molecular weight is 502 g/mol. The van der Waals surface area contributed by atoms with Crippen LogP contribution in [0, 0.1) is 11.3 Å². The van der Waals surface area contributed by atoms with Gasteiger partial charge >= 0.3 is 0 Å². The number of aliphatic imine (C=N–C) groups is 1. The summed E-state index contributed by atoms with van der Waals surface area (Å²) in [5.74, 6) is 1.01. The molecule has 0 aliphatic carbocycles. The van der Waals surface area contributed by atoms with Crippen molar-refractivity contribution in [2.24, 2.45) is 4.99 Å². The zero-order valence-corrected chi connectivity index (χ0v) is 17.2. The van der Waals surface area contributed by atoms with Gasteiger partial charge in [0, 0.05) is 16.3 Å². The number of aromatic hydroxyl groups is 1. The van der Waals surface area contributed by atoms with Gasteiger partial charge in [0.1, 0.15) is 29.4 Å². The summed E-state index contributed by atoms with van der Waals surface area (Å²) in [5.41, 5.74) is 1.81. The highest BCUT2D eigenvalue weighted by Crippen LogP contribution is 2.43. The lowest BCUT2D eigenvalue weighted by Crippen LogP contribution is -1.84. The van der Waals surface area contributed by atoms with Crippen molar-refractivity contribution in [1.82, 2.24) is 0 Å². The molecule has 4 rings (SSSR count). The Hall–Kier alpha value is -3.02. The van der Waals surface area contributed by atoms with E-state index in [1.54, 1.807) is 30.3 Å². The zero-order chi connectivity index (χ0) is 19.7. The molecule has 3 heterocycles. The van der Waals surface area contributed by atoms with Crippen LogP contribution in [0.5, 0.6) is 5.75 Å². The largest absolute Gasteiger partial charge is 0.506 e. The number of hydrogen-bond donors (Lipinski definition) is 1. The fraction of sp³-hybridized carbons (Fsp3) is 0. The maximum atomic E-state index is 10.2. The Morgan fingerprint density at radius 1 is 1.18 bits per heavy atom. The van der Waals surface area contributed by atoms with E-state index in [9.17, 15) is 10.4 Å². The van der Waals surface area contributed by atoms with Gasteiger partial charge < -0.3 is 18.4 Å². The first-order chi connectivity index (χ1) is 13.6. The van der Waals surface area contributed by atoms with Crippen molar-refractivity contribution < 1.29 is 18.4 Å². The third kappa shape index (κ3) is 3.30. The Balaban J connectivity index is 1.87. The van der Waals surface area contributed by atoms with Gasteiger partial charge in [0.25, 0.3) is 0 Å². The number of phenolic OH excluding ortho intramolecular Hbond substituents is 1. The standard InChI is InChI=1S/C20H10Br2N2O4/c21-13-6-12(18(25)15(22)7-13)9-24-20-14(8-23)17(16-2-1-4-27-16)19(28-20)11-3-5-26-10-11/h1-7,9-10,25H/b24-9+. The van der Waals surface area contributed by atoms with Crippen LogP contribution in [0.15, 0.2) is 76.3 Å². The first-order valence-electron chi connectivity index (χ1n) is 7.94. The van der Waals surface area contributed by atoms with E-state index in [0.717, 1.165) is 4.47 Å². The highest BCUT2D eigenvalue weighted by molar-refractivity contribution is 9.11. The minimum atomic E-state index is 0.0262. The van der Waals surface area contributed by atoms with Gasteiger partial charge in [0.2, 0.25) is 5.88 Å². The summed E-state index contributed by atoms with van der Waals surface area (Å²) in [4.78, 5) is 4.30. The highest BCUT2D eigenvalue weighted by atomic mass is 79.9. The first kappa shape index (κ1) is 18.3. The van der Waals surface area contributed by atoms with E-state index < -0.39 is 0 Å². The summed E-state index contributed by atoms with van der Waals surface area (Å²) >= 11 is 6.65. The zero-order valence-electron chi connectivity index (χ0n) is 14.0. The van der Waals surface area contributed by atoms with Crippen LogP contribution in [-0.2, 0) is 0 Å². The molecule has 0 radical (unpaired) electrons. The SMILES string of the molecule is N#Cc1c(/N=C/c2cc(Br)cc(Br)c2O)oc(-c2ccoc2)c1-c1ccco1. The van der Waals surface area contributed by atoms with E-state index in [1.165, 1.54) is 25.0 Å². The number of nitrogens with zero attached hydrogens (tertiary/aromatic N) is 2. The van der Waals surface area contributed by atoms with Crippen LogP contribution in [-0.4, -0.2) is 11.3 Å². The molecule has 0 aliphatic heterocycles. The molecule has 0 fully saturated rings. The van der Waals surface area contributed by atoms with Crippen molar-refractivity contribution in [3.63, 3.8) is 0 Å². The van der Waals surface area contributed by atoms with E-state index in [1.807, 2.05) is 0 Å². The second-order valence-electron chi connectivity index (χ2n) is 5.67. The molecular formula is C20H10Br2N2O4. The average Bonchev–Trinajstić information content (AvgIpc) is 3.42. The number of rotatable bonds is 4. The lowest BCUT2D eigenvalue weighted by atomic mass is 10.1. The van der Waals surface area contributed by atoms with E-state index >= 15 is 0 Å². The minimum Gasteiger partial charge on any atom is -0.506 e. The van der Waals surface area contributed by atoms with Crippen LogP contribution in [0.2, 0.25) is 0 Å². The maximum absolute atomic E-state index is 10.2. The molecule has 0 bridgehead atoms. The Morgan fingerprint density at radius 2 is 2.04 bits per heavy atom. The minimum absolute atomic E-state index is 0.0262. The van der Waals surface area contributed by atoms with Gasteiger partial charge in [0.05, 0.1) is 28.1 Å². The molecule has 138 valence electrons. The molecule has 0 aliphatic rings. The molecule has 0 amide bonds. The van der Waals surface area contributed by atoms with Crippen molar-refractivity contribution in [1.29, 1.82) is 5.26 Å². The predicted octanol–water partition coefficient (Wildman–Crippen LogP) is 6.65. The Labute approximate surface area is 176 Å². The number of benzene rings is 1. The third-order valence-electron chi connectivity index (χ3n) is 3.93. The van der Waals surface area contributed by atoms with Gasteiger partial charge in [-0.05, 0) is 46.3 Å². The maximum Gasteiger partial charge on any atom is 0.238 e. The van der Waals surface area contributed by atoms with E-state index in [4.69, 9.17) is 13.3 Å². The van der Waals surface area contributed by atoms with Crippen LogP contribution in [0.25, 0.3) is 22.6 Å². The lowest BCUT2D eigenvalue weighted by Gasteiger charge is -2.02. The molecule has 0 spiro atoms. The molecule has 1 N–H and O–H groups in total. The van der Waals surface area contributed by atoms with Crippen LogP contribution in [0.3, 0.4) is 0 Å². The van der Waals surface area contributed by atoms with Crippen LogP contribution >= 0.6 is 31.9 Å². The summed E-state index contributed by atoms with van der Waals surface area (Å²) < 4.78 is 17.8.